The Morgan fingerprint density at radius 3 is 3.25 bits per heavy atom. The van der Waals surface area contributed by atoms with Crippen molar-refractivity contribution in [2.24, 2.45) is 11.7 Å². The number of anilines is 1. The molecule has 1 aromatic rings. The molecule has 1 aliphatic heterocycles. The molecule has 0 aliphatic carbocycles. The van der Waals surface area contributed by atoms with Crippen molar-refractivity contribution in [2.45, 2.75) is 19.4 Å². The van der Waals surface area contributed by atoms with Crippen LogP contribution in [0.15, 0.2) is 5.38 Å². The lowest BCUT2D eigenvalue weighted by molar-refractivity contribution is 0.143. The summed E-state index contributed by atoms with van der Waals surface area (Å²) >= 11 is 1.69. The molecule has 0 radical (unpaired) electrons. The minimum absolute atomic E-state index is 0.534. The number of thiazole rings is 1. The van der Waals surface area contributed by atoms with Crippen molar-refractivity contribution in [1.82, 2.24) is 4.98 Å². The number of nitrogens with two attached hydrogens (primary N) is 1. The average molecular weight is 241 g/mol. The topological polar surface area (TPSA) is 51.4 Å². The third kappa shape index (κ3) is 2.72. The highest BCUT2D eigenvalue weighted by atomic mass is 32.1. The largest absolute Gasteiger partial charge is 0.384 e. The molecule has 0 spiro atoms. The minimum atomic E-state index is 0.534. The van der Waals surface area contributed by atoms with Crippen LogP contribution in [0.5, 0.6) is 0 Å². The second-order valence-electron chi connectivity index (χ2n) is 4.24. The van der Waals surface area contributed by atoms with Crippen molar-refractivity contribution in [3.63, 3.8) is 0 Å². The van der Waals surface area contributed by atoms with Gasteiger partial charge in [0, 0.05) is 32.1 Å². The van der Waals surface area contributed by atoms with Crippen LogP contribution >= 0.6 is 11.3 Å². The third-order valence-electron chi connectivity index (χ3n) is 2.94. The molecule has 1 atom stereocenters. The molecule has 5 heteroatoms. The second-order valence-corrected chi connectivity index (χ2v) is 5.07. The lowest BCUT2D eigenvalue weighted by Crippen LogP contribution is -2.37. The Hall–Kier alpha value is -0.650. The van der Waals surface area contributed by atoms with Gasteiger partial charge in [0.05, 0.1) is 12.3 Å². The van der Waals surface area contributed by atoms with E-state index in [2.05, 4.69) is 15.3 Å². The van der Waals surface area contributed by atoms with Gasteiger partial charge in [0.2, 0.25) is 0 Å². The molecular weight excluding hydrogens is 222 g/mol. The van der Waals surface area contributed by atoms with Crippen LogP contribution in [0.3, 0.4) is 0 Å². The highest BCUT2D eigenvalue weighted by Gasteiger charge is 2.21. The summed E-state index contributed by atoms with van der Waals surface area (Å²) in [6.45, 7) is 3.56. The fourth-order valence-electron chi connectivity index (χ4n) is 2.15. The van der Waals surface area contributed by atoms with Crippen molar-refractivity contribution in [3.8, 4) is 0 Å². The Morgan fingerprint density at radius 2 is 2.56 bits per heavy atom. The van der Waals surface area contributed by atoms with Crippen LogP contribution in [-0.2, 0) is 11.3 Å². The van der Waals surface area contributed by atoms with Crippen LogP contribution in [0.4, 0.5) is 5.13 Å². The number of aromatic nitrogens is 1. The average Bonchev–Trinajstić information content (AvgIpc) is 2.78. The predicted octanol–water partition coefficient (Wildman–Crippen LogP) is 1.46. The molecule has 2 N–H and O–H groups in total. The first kappa shape index (κ1) is 11.8. The Bertz CT molecular complexity index is 327. The van der Waals surface area contributed by atoms with Gasteiger partial charge in [-0.25, -0.2) is 4.98 Å². The molecule has 0 bridgehead atoms. The first-order chi connectivity index (χ1) is 7.83. The molecule has 0 saturated carbocycles. The van der Waals surface area contributed by atoms with Crippen LogP contribution in [0.1, 0.15) is 18.5 Å². The zero-order valence-electron chi connectivity index (χ0n) is 9.69. The van der Waals surface area contributed by atoms with Gasteiger partial charge in [-0.1, -0.05) is 0 Å². The summed E-state index contributed by atoms with van der Waals surface area (Å²) < 4.78 is 5.23. The first-order valence-electron chi connectivity index (χ1n) is 5.72. The summed E-state index contributed by atoms with van der Waals surface area (Å²) in [5, 5.41) is 3.16. The van der Waals surface area contributed by atoms with Gasteiger partial charge in [0.15, 0.2) is 5.13 Å². The highest BCUT2D eigenvalue weighted by molar-refractivity contribution is 7.13. The standard InChI is InChI=1S/C11H19N3OS/c1-15-7-9-3-2-4-14(6-9)11-13-10(5-12)8-16-11/h8-9H,2-7,12H2,1H3. The lowest BCUT2D eigenvalue weighted by atomic mass is 9.99. The lowest BCUT2D eigenvalue weighted by Gasteiger charge is -2.32. The van der Waals surface area contributed by atoms with Crippen LogP contribution in [0.2, 0.25) is 0 Å². The summed E-state index contributed by atoms with van der Waals surface area (Å²) in [7, 11) is 1.77. The normalized spacial score (nSPS) is 21.4. The molecule has 1 unspecified atom stereocenters. The van der Waals surface area contributed by atoms with E-state index < -0.39 is 0 Å². The Balaban J connectivity index is 1.98. The van der Waals surface area contributed by atoms with Crippen molar-refractivity contribution in [1.29, 1.82) is 0 Å². The molecule has 2 heterocycles. The van der Waals surface area contributed by atoms with Gasteiger partial charge in [0.25, 0.3) is 0 Å². The van der Waals surface area contributed by atoms with Crippen molar-refractivity contribution >= 4 is 16.5 Å². The maximum absolute atomic E-state index is 5.57. The zero-order valence-corrected chi connectivity index (χ0v) is 10.5. The number of rotatable bonds is 4. The fraction of sp³-hybridized carbons (Fsp3) is 0.727. The predicted molar refractivity (Wildman–Crippen MR) is 66.8 cm³/mol. The molecular formula is C11H19N3OS. The van der Waals surface area contributed by atoms with E-state index in [-0.39, 0.29) is 0 Å². The molecule has 4 nitrogen and oxygen atoms in total. The van der Waals surface area contributed by atoms with E-state index >= 15 is 0 Å². The van der Waals surface area contributed by atoms with Gasteiger partial charge in [-0.2, -0.15) is 0 Å². The van der Waals surface area contributed by atoms with E-state index in [1.54, 1.807) is 18.4 Å². The van der Waals surface area contributed by atoms with Crippen LogP contribution in [0, 0.1) is 5.92 Å². The van der Waals surface area contributed by atoms with Crippen LogP contribution < -0.4 is 10.6 Å². The molecule has 1 saturated heterocycles. The first-order valence-corrected chi connectivity index (χ1v) is 6.59. The third-order valence-corrected chi connectivity index (χ3v) is 3.89. The molecule has 1 aliphatic rings. The maximum Gasteiger partial charge on any atom is 0.185 e. The summed E-state index contributed by atoms with van der Waals surface area (Å²) in [4.78, 5) is 6.88. The zero-order chi connectivity index (χ0) is 11.4. The summed E-state index contributed by atoms with van der Waals surface area (Å²) in [6, 6.07) is 0. The molecule has 2 rings (SSSR count). The van der Waals surface area contributed by atoms with E-state index in [0.29, 0.717) is 12.5 Å². The maximum atomic E-state index is 5.57. The van der Waals surface area contributed by atoms with Crippen molar-refractivity contribution < 1.29 is 4.74 Å². The Labute approximate surface area is 100 Å². The molecule has 16 heavy (non-hydrogen) atoms. The minimum Gasteiger partial charge on any atom is -0.384 e. The van der Waals surface area contributed by atoms with E-state index in [0.717, 1.165) is 30.5 Å². The van der Waals surface area contributed by atoms with Crippen molar-refractivity contribution in [3.05, 3.63) is 11.1 Å². The van der Waals surface area contributed by atoms with E-state index in [9.17, 15) is 0 Å². The molecule has 90 valence electrons. The Kier molecular flexibility index (Phi) is 4.15. The number of ether oxygens (including phenoxy) is 1. The monoisotopic (exact) mass is 241 g/mol. The molecule has 0 aromatic carbocycles. The number of hydrogen-bond acceptors (Lipinski definition) is 5. The summed E-state index contributed by atoms with van der Waals surface area (Å²) in [5.41, 5.74) is 6.57. The number of nitrogens with zero attached hydrogens (tertiary/aromatic N) is 2. The quantitative estimate of drug-likeness (QED) is 0.867. The van der Waals surface area contributed by atoms with E-state index in [1.165, 1.54) is 12.8 Å². The Morgan fingerprint density at radius 1 is 1.69 bits per heavy atom. The molecule has 1 aromatic heterocycles. The fourth-order valence-corrected chi connectivity index (χ4v) is 3.02. The van der Waals surface area contributed by atoms with Crippen LogP contribution in [0.25, 0.3) is 0 Å². The molecule has 1 fully saturated rings. The van der Waals surface area contributed by atoms with Crippen LogP contribution in [-0.4, -0.2) is 31.8 Å². The van der Waals surface area contributed by atoms with E-state index in [1.807, 2.05) is 0 Å². The number of hydrogen-bond donors (Lipinski definition) is 1. The SMILES string of the molecule is COCC1CCCN(c2nc(CN)cs2)C1. The van der Waals surface area contributed by atoms with Gasteiger partial charge >= 0.3 is 0 Å². The number of methoxy groups -OCH3 is 1. The second kappa shape index (κ2) is 5.61. The summed E-state index contributed by atoms with van der Waals surface area (Å²) in [5.74, 6) is 0.643. The van der Waals surface area contributed by atoms with Gasteiger partial charge in [-0.05, 0) is 18.8 Å². The number of piperidine rings is 1. The van der Waals surface area contributed by atoms with Gasteiger partial charge < -0.3 is 15.4 Å². The smallest absolute Gasteiger partial charge is 0.185 e. The van der Waals surface area contributed by atoms with Gasteiger partial charge in [-0.3, -0.25) is 0 Å². The highest BCUT2D eigenvalue weighted by Crippen LogP contribution is 2.26. The van der Waals surface area contributed by atoms with Gasteiger partial charge in [0.1, 0.15) is 0 Å². The van der Waals surface area contributed by atoms with E-state index in [4.69, 9.17) is 10.5 Å². The van der Waals surface area contributed by atoms with Gasteiger partial charge in [-0.15, -0.1) is 11.3 Å². The van der Waals surface area contributed by atoms with Crippen molar-refractivity contribution in [2.75, 3.05) is 31.7 Å². The summed E-state index contributed by atoms with van der Waals surface area (Å²) in [6.07, 6.45) is 2.49. The molecule has 0 amide bonds.